The highest BCUT2D eigenvalue weighted by Crippen LogP contribution is 2.44. The van der Waals surface area contributed by atoms with Crippen LogP contribution in [0.15, 0.2) is 48.5 Å². The quantitative estimate of drug-likeness (QED) is 0.221. The Bertz CT molecular complexity index is 1070. The van der Waals surface area contributed by atoms with E-state index in [1.54, 1.807) is 42.5 Å². The molecular weight excluding hydrogens is 558 g/mol. The summed E-state index contributed by atoms with van der Waals surface area (Å²) in [5.41, 5.74) is 0.617. The molecule has 1 aliphatic heterocycles. The number of esters is 1. The van der Waals surface area contributed by atoms with E-state index in [-0.39, 0.29) is 38.5 Å². The fourth-order valence-electron chi connectivity index (χ4n) is 4.24. The molecule has 2 aromatic rings. The number of hydrogen-bond donors (Lipinski definition) is 0. The second-order valence-electron chi connectivity index (χ2n) is 7.97. The molecule has 0 radical (unpaired) electrons. The van der Waals surface area contributed by atoms with E-state index in [1.165, 1.54) is 13.2 Å². The standard InChI is InChI=1S/C24H21Br2NO6/c1-32-14-8-6-13(7-9-14)21(28)12-33-24(31)15-4-2-3-5-20(15)27-22(29)16-10-18(25)19(26)11-17(16)23(27)30/h2-9,16-19H,10-12H2,1H3/t16-,17-,18-,19+/m0/s1. The summed E-state index contributed by atoms with van der Waals surface area (Å²) in [7, 11) is 1.53. The predicted molar refractivity (Wildman–Crippen MR) is 128 cm³/mol. The molecule has 0 bridgehead atoms. The lowest BCUT2D eigenvalue weighted by Gasteiger charge is -2.29. The Balaban J connectivity index is 1.51. The van der Waals surface area contributed by atoms with Crippen LogP contribution in [-0.2, 0) is 14.3 Å². The maximum atomic E-state index is 13.1. The number of carbonyl (C=O) groups excluding carboxylic acids is 4. The van der Waals surface area contributed by atoms with Gasteiger partial charge in [0.25, 0.3) is 0 Å². The van der Waals surface area contributed by atoms with Gasteiger partial charge in [0.1, 0.15) is 5.75 Å². The third kappa shape index (κ3) is 4.61. The van der Waals surface area contributed by atoms with Crippen LogP contribution in [0.2, 0.25) is 0 Å². The maximum Gasteiger partial charge on any atom is 0.340 e. The molecular formula is C24H21Br2NO6. The summed E-state index contributed by atoms with van der Waals surface area (Å²) in [6, 6.07) is 12.8. The highest BCUT2D eigenvalue weighted by molar-refractivity contribution is 9.12. The highest BCUT2D eigenvalue weighted by atomic mass is 79.9. The molecule has 2 aliphatic rings. The first-order valence-electron chi connectivity index (χ1n) is 10.4. The average molecular weight is 579 g/mol. The van der Waals surface area contributed by atoms with Gasteiger partial charge in [0.2, 0.25) is 11.8 Å². The molecule has 0 spiro atoms. The number of alkyl halides is 2. The number of nitrogens with zero attached hydrogens (tertiary/aromatic N) is 1. The molecule has 1 saturated heterocycles. The van der Waals surface area contributed by atoms with E-state index in [4.69, 9.17) is 9.47 Å². The lowest BCUT2D eigenvalue weighted by Crippen LogP contribution is -2.34. The van der Waals surface area contributed by atoms with Crippen molar-refractivity contribution in [1.82, 2.24) is 0 Å². The Morgan fingerprint density at radius 2 is 1.52 bits per heavy atom. The zero-order valence-corrected chi connectivity index (χ0v) is 20.9. The number of ether oxygens (including phenoxy) is 2. The SMILES string of the molecule is COc1ccc(C(=O)COC(=O)c2ccccc2N2C(=O)[C@H]3C[C@@H](Br)[C@@H](Br)C[C@@H]3C2=O)cc1. The molecule has 2 fully saturated rings. The van der Waals surface area contributed by atoms with Gasteiger partial charge in [0, 0.05) is 15.2 Å². The number of amides is 2. The minimum absolute atomic E-state index is 0.0613. The molecule has 2 amide bonds. The predicted octanol–water partition coefficient (Wildman–Crippen LogP) is 4.16. The van der Waals surface area contributed by atoms with Crippen molar-refractivity contribution in [3.63, 3.8) is 0 Å². The van der Waals surface area contributed by atoms with Crippen molar-refractivity contribution in [2.75, 3.05) is 18.6 Å². The molecule has 9 heteroatoms. The van der Waals surface area contributed by atoms with Crippen LogP contribution in [0.1, 0.15) is 33.6 Å². The largest absolute Gasteiger partial charge is 0.497 e. The second-order valence-corrected chi connectivity index (χ2v) is 10.3. The Morgan fingerprint density at radius 1 is 0.939 bits per heavy atom. The van der Waals surface area contributed by atoms with Gasteiger partial charge in [-0.25, -0.2) is 9.69 Å². The van der Waals surface area contributed by atoms with Gasteiger partial charge in [-0.1, -0.05) is 44.0 Å². The Hall–Kier alpha value is -2.52. The van der Waals surface area contributed by atoms with Gasteiger partial charge in [-0.15, -0.1) is 0 Å². The fraction of sp³-hybridized carbons (Fsp3) is 0.333. The number of methoxy groups -OCH3 is 1. The number of para-hydroxylation sites is 1. The van der Waals surface area contributed by atoms with E-state index < -0.39 is 24.4 Å². The average Bonchev–Trinajstić information content (AvgIpc) is 3.06. The first-order chi connectivity index (χ1) is 15.8. The molecule has 4 rings (SSSR count). The number of hydrogen-bond acceptors (Lipinski definition) is 6. The topological polar surface area (TPSA) is 90.0 Å². The molecule has 1 aliphatic carbocycles. The normalized spacial score (nSPS) is 24.4. The highest BCUT2D eigenvalue weighted by Gasteiger charge is 2.52. The summed E-state index contributed by atoms with van der Waals surface area (Å²) in [6.07, 6.45) is 1.06. The van der Waals surface area contributed by atoms with Crippen LogP contribution in [0.4, 0.5) is 5.69 Å². The number of Topliss-reactive ketones (excluding diaryl/α,β-unsaturated/α-hetero) is 1. The Labute approximate surface area is 207 Å². The second kappa shape index (κ2) is 9.77. The van der Waals surface area contributed by atoms with Gasteiger partial charge in [-0.3, -0.25) is 14.4 Å². The van der Waals surface area contributed by atoms with E-state index in [1.807, 2.05) is 0 Å². The van der Waals surface area contributed by atoms with Crippen LogP contribution in [-0.4, -0.2) is 46.9 Å². The number of rotatable bonds is 6. The first-order valence-corrected chi connectivity index (χ1v) is 12.2. The van der Waals surface area contributed by atoms with Gasteiger partial charge >= 0.3 is 5.97 Å². The third-order valence-corrected chi connectivity index (χ3v) is 8.76. The minimum Gasteiger partial charge on any atom is -0.497 e. The molecule has 33 heavy (non-hydrogen) atoms. The van der Waals surface area contributed by atoms with Crippen molar-refractivity contribution in [2.45, 2.75) is 22.5 Å². The first kappa shape index (κ1) is 23.6. The molecule has 7 nitrogen and oxygen atoms in total. The molecule has 4 atom stereocenters. The van der Waals surface area contributed by atoms with E-state index in [9.17, 15) is 19.2 Å². The van der Waals surface area contributed by atoms with Gasteiger partial charge < -0.3 is 9.47 Å². The summed E-state index contributed by atoms with van der Waals surface area (Å²) >= 11 is 7.14. The lowest BCUT2D eigenvalue weighted by molar-refractivity contribution is -0.122. The number of fused-ring (bicyclic) bond motifs is 1. The summed E-state index contributed by atoms with van der Waals surface area (Å²) in [6.45, 7) is -0.469. The summed E-state index contributed by atoms with van der Waals surface area (Å²) < 4.78 is 10.3. The summed E-state index contributed by atoms with van der Waals surface area (Å²) in [4.78, 5) is 52.8. The van der Waals surface area contributed by atoms with Crippen LogP contribution < -0.4 is 9.64 Å². The van der Waals surface area contributed by atoms with E-state index in [0.29, 0.717) is 24.2 Å². The van der Waals surface area contributed by atoms with Gasteiger partial charge in [0.05, 0.1) is 30.2 Å². The number of carbonyl (C=O) groups is 4. The zero-order chi connectivity index (χ0) is 23.7. The van der Waals surface area contributed by atoms with Crippen LogP contribution in [0.5, 0.6) is 5.75 Å². The number of halogens is 2. The Kier molecular flexibility index (Phi) is 6.99. The van der Waals surface area contributed by atoms with Crippen molar-refractivity contribution in [3.8, 4) is 5.75 Å². The van der Waals surface area contributed by atoms with Crippen LogP contribution in [0, 0.1) is 11.8 Å². The van der Waals surface area contributed by atoms with Crippen molar-refractivity contribution in [2.24, 2.45) is 11.8 Å². The lowest BCUT2D eigenvalue weighted by atomic mass is 9.81. The maximum absolute atomic E-state index is 13.1. The molecule has 0 unspecified atom stereocenters. The van der Waals surface area contributed by atoms with Crippen LogP contribution >= 0.6 is 31.9 Å². The summed E-state index contributed by atoms with van der Waals surface area (Å²) in [5, 5.41) is 0. The van der Waals surface area contributed by atoms with E-state index in [0.717, 1.165) is 4.90 Å². The molecule has 1 saturated carbocycles. The van der Waals surface area contributed by atoms with Crippen molar-refractivity contribution >= 4 is 61.1 Å². The van der Waals surface area contributed by atoms with Crippen molar-refractivity contribution < 1.29 is 28.7 Å². The van der Waals surface area contributed by atoms with Crippen molar-refractivity contribution in [1.29, 1.82) is 0 Å². The monoisotopic (exact) mass is 577 g/mol. The number of imide groups is 1. The zero-order valence-electron chi connectivity index (χ0n) is 17.7. The Morgan fingerprint density at radius 3 is 2.09 bits per heavy atom. The van der Waals surface area contributed by atoms with Crippen LogP contribution in [0.3, 0.4) is 0 Å². The number of anilines is 1. The third-order valence-electron chi connectivity index (χ3n) is 6.02. The molecule has 172 valence electrons. The van der Waals surface area contributed by atoms with Crippen LogP contribution in [0.25, 0.3) is 0 Å². The smallest absolute Gasteiger partial charge is 0.340 e. The van der Waals surface area contributed by atoms with Gasteiger partial charge in [-0.05, 0) is 49.2 Å². The molecule has 1 heterocycles. The van der Waals surface area contributed by atoms with Crippen molar-refractivity contribution in [3.05, 3.63) is 59.7 Å². The number of ketones is 1. The molecule has 0 N–H and O–H groups in total. The minimum atomic E-state index is -0.778. The van der Waals surface area contributed by atoms with Gasteiger partial charge in [-0.2, -0.15) is 0 Å². The summed E-state index contributed by atoms with van der Waals surface area (Å²) in [5.74, 6) is -2.05. The van der Waals surface area contributed by atoms with E-state index >= 15 is 0 Å². The van der Waals surface area contributed by atoms with E-state index in [2.05, 4.69) is 31.9 Å². The number of benzene rings is 2. The molecule has 2 aromatic carbocycles. The molecule has 0 aromatic heterocycles. The fourth-order valence-corrected chi connectivity index (χ4v) is 5.48. The van der Waals surface area contributed by atoms with Gasteiger partial charge in [0.15, 0.2) is 12.4 Å².